The second kappa shape index (κ2) is 10.7. The molecule has 3 heterocycles. The average Bonchev–Trinajstić information content (AvgIpc) is 3.09. The van der Waals surface area contributed by atoms with Crippen molar-refractivity contribution in [1.29, 1.82) is 5.26 Å². The van der Waals surface area contributed by atoms with Gasteiger partial charge in [0.2, 0.25) is 0 Å². The van der Waals surface area contributed by atoms with E-state index in [1.54, 1.807) is 24.3 Å². The first kappa shape index (κ1) is 23.7. The number of carbonyl (C=O) groups excluding carboxylic acids is 1. The van der Waals surface area contributed by atoms with E-state index in [2.05, 4.69) is 39.6 Å². The first-order valence-corrected chi connectivity index (χ1v) is 13.0. The standard InChI is InChI=1S/C21H30N4.C8H5NO/c1-23-10-3-4-17(15-23)16-7-8-20-19(14-16)22-21-9-11-24(12-13-25(20)21)18-5-2-6-18;9-5-7-1-3-8(6-10)4-2-7/h7-8,14,17-18H,2-6,9-13,15H2,1H3;1-4,6H. The lowest BCUT2D eigenvalue weighted by molar-refractivity contribution is 0.112. The van der Waals surface area contributed by atoms with E-state index >= 15 is 0 Å². The highest BCUT2D eigenvalue weighted by Crippen LogP contribution is 2.30. The van der Waals surface area contributed by atoms with Crippen LogP contribution in [0.15, 0.2) is 42.5 Å². The quantitative estimate of drug-likeness (QED) is 0.524. The van der Waals surface area contributed by atoms with Gasteiger partial charge in [-0.25, -0.2) is 4.98 Å². The summed E-state index contributed by atoms with van der Waals surface area (Å²) >= 11 is 0. The Hall–Kier alpha value is -3.01. The van der Waals surface area contributed by atoms with Gasteiger partial charge in [-0.05, 0) is 75.0 Å². The predicted octanol–water partition coefficient (Wildman–Crippen LogP) is 4.63. The van der Waals surface area contributed by atoms with Gasteiger partial charge >= 0.3 is 0 Å². The second-order valence-corrected chi connectivity index (χ2v) is 10.3. The van der Waals surface area contributed by atoms with E-state index in [0.717, 1.165) is 25.3 Å². The van der Waals surface area contributed by atoms with Crippen molar-refractivity contribution in [3.05, 3.63) is 65.0 Å². The molecule has 182 valence electrons. The summed E-state index contributed by atoms with van der Waals surface area (Å²) in [7, 11) is 2.25. The third-order valence-corrected chi connectivity index (χ3v) is 7.95. The lowest BCUT2D eigenvalue weighted by Crippen LogP contribution is -2.41. The fourth-order valence-electron chi connectivity index (χ4n) is 5.67. The molecule has 1 aliphatic carbocycles. The summed E-state index contributed by atoms with van der Waals surface area (Å²) in [6, 6.07) is 16.4. The van der Waals surface area contributed by atoms with Crippen molar-refractivity contribution in [3.8, 4) is 6.07 Å². The number of nitrogens with zero attached hydrogens (tertiary/aromatic N) is 5. The summed E-state index contributed by atoms with van der Waals surface area (Å²) in [5.74, 6) is 1.98. The van der Waals surface area contributed by atoms with Crippen LogP contribution in [-0.4, -0.2) is 64.9 Å². The van der Waals surface area contributed by atoms with Crippen LogP contribution in [0.1, 0.15) is 65.3 Å². The van der Waals surface area contributed by atoms with Crippen LogP contribution in [0.3, 0.4) is 0 Å². The number of imidazole rings is 1. The second-order valence-electron chi connectivity index (χ2n) is 10.3. The molecular weight excluding hydrogens is 434 g/mol. The number of fused-ring (bicyclic) bond motifs is 3. The molecule has 6 heteroatoms. The Morgan fingerprint density at radius 3 is 2.51 bits per heavy atom. The molecule has 0 radical (unpaired) electrons. The number of aromatic nitrogens is 2. The number of benzene rings is 2. The minimum absolute atomic E-state index is 0.575. The monoisotopic (exact) mass is 469 g/mol. The molecule has 1 saturated carbocycles. The molecule has 3 aromatic rings. The van der Waals surface area contributed by atoms with Crippen LogP contribution in [0.4, 0.5) is 0 Å². The third-order valence-electron chi connectivity index (χ3n) is 7.95. The number of nitriles is 1. The Bertz CT molecular complexity index is 1200. The zero-order chi connectivity index (χ0) is 24.2. The summed E-state index contributed by atoms with van der Waals surface area (Å²) in [5, 5.41) is 8.36. The lowest BCUT2D eigenvalue weighted by atomic mass is 9.90. The molecule has 1 saturated heterocycles. The fraction of sp³-hybridized carbons (Fsp3) is 0.483. The van der Waals surface area contributed by atoms with Crippen LogP contribution >= 0.6 is 0 Å². The smallest absolute Gasteiger partial charge is 0.150 e. The summed E-state index contributed by atoms with van der Waals surface area (Å²) in [4.78, 5) is 20.3. The Labute approximate surface area is 208 Å². The molecule has 0 spiro atoms. The summed E-state index contributed by atoms with van der Waals surface area (Å²) in [6.07, 6.45) is 8.72. The SMILES string of the molecule is CN1CCCC(c2ccc3c(c2)nc2n3CCN(C3CCC3)CC2)C1.N#Cc1ccc(C=O)cc1. The van der Waals surface area contributed by atoms with Gasteiger partial charge in [0.25, 0.3) is 0 Å². The van der Waals surface area contributed by atoms with Crippen LogP contribution in [0.25, 0.3) is 11.0 Å². The normalized spacial score (nSPS) is 21.2. The molecule has 0 bridgehead atoms. The van der Waals surface area contributed by atoms with Crippen molar-refractivity contribution >= 4 is 17.3 Å². The predicted molar refractivity (Wildman–Crippen MR) is 139 cm³/mol. The van der Waals surface area contributed by atoms with Crippen molar-refractivity contribution < 1.29 is 4.79 Å². The fourth-order valence-corrected chi connectivity index (χ4v) is 5.67. The van der Waals surface area contributed by atoms with Crippen LogP contribution in [0.2, 0.25) is 0 Å². The number of piperidine rings is 1. The molecule has 0 N–H and O–H groups in total. The molecule has 6 nitrogen and oxygen atoms in total. The van der Waals surface area contributed by atoms with E-state index in [4.69, 9.17) is 10.2 Å². The van der Waals surface area contributed by atoms with Crippen LogP contribution in [0.5, 0.6) is 0 Å². The van der Waals surface area contributed by atoms with Gasteiger partial charge in [-0.2, -0.15) is 5.26 Å². The number of likely N-dealkylation sites (N-methyl/N-ethyl adjacent to an activating group) is 1. The molecule has 3 aliphatic rings. The molecule has 35 heavy (non-hydrogen) atoms. The van der Waals surface area contributed by atoms with Crippen LogP contribution < -0.4 is 0 Å². The number of carbonyl (C=O) groups is 1. The van der Waals surface area contributed by atoms with Gasteiger partial charge in [0.05, 0.1) is 22.7 Å². The first-order chi connectivity index (χ1) is 17.1. The highest BCUT2D eigenvalue weighted by Gasteiger charge is 2.27. The lowest BCUT2D eigenvalue weighted by Gasteiger charge is -2.36. The number of rotatable bonds is 3. The van der Waals surface area contributed by atoms with Crippen LogP contribution in [-0.2, 0) is 13.0 Å². The molecule has 2 fully saturated rings. The van der Waals surface area contributed by atoms with Gasteiger partial charge in [-0.15, -0.1) is 0 Å². The largest absolute Gasteiger partial charge is 0.327 e. The van der Waals surface area contributed by atoms with Crippen molar-refractivity contribution in [2.24, 2.45) is 0 Å². The molecule has 2 aliphatic heterocycles. The highest BCUT2D eigenvalue weighted by atomic mass is 16.1. The van der Waals surface area contributed by atoms with E-state index in [1.807, 2.05) is 6.07 Å². The van der Waals surface area contributed by atoms with E-state index in [9.17, 15) is 4.79 Å². The van der Waals surface area contributed by atoms with Crippen molar-refractivity contribution in [2.75, 3.05) is 33.2 Å². The van der Waals surface area contributed by atoms with E-state index in [-0.39, 0.29) is 0 Å². The average molecular weight is 470 g/mol. The first-order valence-electron chi connectivity index (χ1n) is 13.0. The maximum absolute atomic E-state index is 10.1. The zero-order valence-electron chi connectivity index (χ0n) is 20.7. The highest BCUT2D eigenvalue weighted by molar-refractivity contribution is 5.77. The summed E-state index contributed by atoms with van der Waals surface area (Å²) in [6.45, 7) is 5.92. The van der Waals surface area contributed by atoms with Gasteiger partial charge < -0.3 is 9.47 Å². The molecule has 1 aromatic heterocycles. The van der Waals surface area contributed by atoms with Crippen molar-refractivity contribution in [1.82, 2.24) is 19.4 Å². The van der Waals surface area contributed by atoms with Gasteiger partial charge in [0.1, 0.15) is 12.1 Å². The maximum Gasteiger partial charge on any atom is 0.150 e. The Morgan fingerprint density at radius 2 is 1.83 bits per heavy atom. The summed E-state index contributed by atoms with van der Waals surface area (Å²) < 4.78 is 2.49. The minimum atomic E-state index is 0.575. The molecule has 6 rings (SSSR count). The number of aldehydes is 1. The maximum atomic E-state index is 10.1. The Balaban J connectivity index is 0.000000214. The number of hydrogen-bond acceptors (Lipinski definition) is 5. The van der Waals surface area contributed by atoms with E-state index in [0.29, 0.717) is 17.0 Å². The van der Waals surface area contributed by atoms with Gasteiger partial charge in [-0.1, -0.05) is 24.6 Å². The zero-order valence-corrected chi connectivity index (χ0v) is 20.7. The van der Waals surface area contributed by atoms with Gasteiger partial charge in [-0.3, -0.25) is 9.69 Å². The van der Waals surface area contributed by atoms with Gasteiger partial charge in [0, 0.05) is 44.2 Å². The molecule has 1 atom stereocenters. The van der Waals surface area contributed by atoms with Crippen molar-refractivity contribution in [3.63, 3.8) is 0 Å². The van der Waals surface area contributed by atoms with Crippen molar-refractivity contribution in [2.45, 2.75) is 57.0 Å². The van der Waals surface area contributed by atoms with E-state index < -0.39 is 0 Å². The Morgan fingerprint density at radius 1 is 1.00 bits per heavy atom. The molecule has 2 aromatic carbocycles. The molecular formula is C29H35N5O. The summed E-state index contributed by atoms with van der Waals surface area (Å²) in [5.41, 5.74) is 5.23. The number of likely N-dealkylation sites (tertiary alicyclic amines) is 1. The third kappa shape index (κ3) is 5.32. The minimum Gasteiger partial charge on any atom is -0.327 e. The molecule has 1 unspecified atom stereocenters. The number of hydrogen-bond donors (Lipinski definition) is 0. The van der Waals surface area contributed by atoms with Crippen LogP contribution in [0, 0.1) is 11.3 Å². The Kier molecular flexibility index (Phi) is 7.26. The molecule has 0 amide bonds. The topological polar surface area (TPSA) is 65.2 Å². The van der Waals surface area contributed by atoms with E-state index in [1.165, 1.54) is 80.7 Å². The van der Waals surface area contributed by atoms with Gasteiger partial charge in [0.15, 0.2) is 0 Å².